The SMILES string of the molecule is c1ccc(-c2ccc(-c3c4ccccc4c(-c4ccc(-c5ccccc5)nc4)c4c3ccc3ccccc34)cc2)cc1. The van der Waals surface area contributed by atoms with Gasteiger partial charge in [-0.2, -0.15) is 0 Å². The Morgan fingerprint density at radius 3 is 1.55 bits per heavy atom. The van der Waals surface area contributed by atoms with E-state index >= 15 is 0 Å². The normalized spacial score (nSPS) is 11.3. The Kier molecular flexibility index (Phi) is 5.86. The summed E-state index contributed by atoms with van der Waals surface area (Å²) >= 11 is 0. The number of pyridine rings is 1. The zero-order valence-corrected chi connectivity index (χ0v) is 23.0. The molecule has 0 fully saturated rings. The van der Waals surface area contributed by atoms with Crippen molar-refractivity contribution in [3.05, 3.63) is 164 Å². The van der Waals surface area contributed by atoms with Crippen LogP contribution >= 0.6 is 0 Å². The molecule has 0 bridgehead atoms. The van der Waals surface area contributed by atoms with Crippen LogP contribution in [0.2, 0.25) is 0 Å². The molecule has 1 nitrogen and oxygen atoms in total. The highest BCUT2D eigenvalue weighted by molar-refractivity contribution is 6.27. The van der Waals surface area contributed by atoms with Crippen LogP contribution in [0, 0.1) is 0 Å². The number of nitrogens with zero attached hydrogens (tertiary/aromatic N) is 1. The highest BCUT2D eigenvalue weighted by Gasteiger charge is 2.19. The average Bonchev–Trinajstić information content (AvgIpc) is 3.08. The third kappa shape index (κ3) is 4.06. The van der Waals surface area contributed by atoms with E-state index in [9.17, 15) is 0 Å². The number of fused-ring (bicyclic) bond motifs is 4. The molecule has 0 aliphatic heterocycles. The van der Waals surface area contributed by atoms with E-state index in [-0.39, 0.29) is 0 Å². The Balaban J connectivity index is 1.41. The maximum absolute atomic E-state index is 4.94. The lowest BCUT2D eigenvalue weighted by Crippen LogP contribution is -1.93. The third-order valence-corrected chi connectivity index (χ3v) is 8.32. The average molecular weight is 534 g/mol. The molecule has 0 N–H and O–H groups in total. The van der Waals surface area contributed by atoms with Gasteiger partial charge in [-0.15, -0.1) is 0 Å². The topological polar surface area (TPSA) is 12.9 Å². The number of benzene rings is 7. The van der Waals surface area contributed by atoms with E-state index in [1.54, 1.807) is 0 Å². The summed E-state index contributed by atoms with van der Waals surface area (Å²) in [6.07, 6.45) is 2.04. The van der Waals surface area contributed by atoms with Gasteiger partial charge in [-0.25, -0.2) is 0 Å². The molecule has 1 aromatic heterocycles. The van der Waals surface area contributed by atoms with E-state index in [1.165, 1.54) is 60.1 Å². The minimum absolute atomic E-state index is 0.980. The van der Waals surface area contributed by atoms with E-state index in [1.807, 2.05) is 12.3 Å². The van der Waals surface area contributed by atoms with Gasteiger partial charge in [-0.1, -0.05) is 152 Å². The third-order valence-electron chi connectivity index (χ3n) is 8.32. The molecule has 0 saturated heterocycles. The number of hydrogen-bond acceptors (Lipinski definition) is 1. The molecular formula is C41H27N. The van der Waals surface area contributed by atoms with Gasteiger partial charge in [0.05, 0.1) is 5.69 Å². The van der Waals surface area contributed by atoms with Crippen LogP contribution in [0.15, 0.2) is 164 Å². The van der Waals surface area contributed by atoms with Gasteiger partial charge in [-0.05, 0) is 66.2 Å². The molecule has 0 unspecified atom stereocenters. The van der Waals surface area contributed by atoms with E-state index in [4.69, 9.17) is 4.98 Å². The van der Waals surface area contributed by atoms with Crippen molar-refractivity contribution in [2.45, 2.75) is 0 Å². The van der Waals surface area contributed by atoms with Crippen LogP contribution in [-0.4, -0.2) is 4.98 Å². The van der Waals surface area contributed by atoms with Gasteiger partial charge in [-0.3, -0.25) is 4.98 Å². The first-order valence-electron chi connectivity index (χ1n) is 14.4. The maximum atomic E-state index is 4.94. The van der Waals surface area contributed by atoms with Crippen molar-refractivity contribution in [1.82, 2.24) is 4.98 Å². The Labute approximate surface area is 245 Å². The van der Waals surface area contributed by atoms with E-state index in [0.717, 1.165) is 16.8 Å². The fourth-order valence-electron chi connectivity index (χ4n) is 6.34. The molecule has 7 aromatic carbocycles. The minimum Gasteiger partial charge on any atom is -0.256 e. The summed E-state index contributed by atoms with van der Waals surface area (Å²) in [5.74, 6) is 0. The molecule has 8 rings (SSSR count). The van der Waals surface area contributed by atoms with Crippen LogP contribution in [-0.2, 0) is 0 Å². The molecule has 0 spiro atoms. The smallest absolute Gasteiger partial charge is 0.0702 e. The maximum Gasteiger partial charge on any atom is 0.0702 e. The fourth-order valence-corrected chi connectivity index (χ4v) is 6.34. The molecule has 1 heteroatoms. The quantitative estimate of drug-likeness (QED) is 0.162. The summed E-state index contributed by atoms with van der Waals surface area (Å²) < 4.78 is 0. The van der Waals surface area contributed by atoms with Gasteiger partial charge >= 0.3 is 0 Å². The molecule has 1 heterocycles. The van der Waals surface area contributed by atoms with Gasteiger partial charge in [0.2, 0.25) is 0 Å². The van der Waals surface area contributed by atoms with Gasteiger partial charge in [0.1, 0.15) is 0 Å². The summed E-state index contributed by atoms with van der Waals surface area (Å²) in [5.41, 5.74) is 9.39. The van der Waals surface area contributed by atoms with Gasteiger partial charge in [0.25, 0.3) is 0 Å². The molecule has 0 aliphatic carbocycles. The molecule has 42 heavy (non-hydrogen) atoms. The number of hydrogen-bond donors (Lipinski definition) is 0. The molecule has 0 amide bonds. The van der Waals surface area contributed by atoms with E-state index in [0.29, 0.717) is 0 Å². The van der Waals surface area contributed by atoms with Crippen molar-refractivity contribution >= 4 is 32.3 Å². The lowest BCUT2D eigenvalue weighted by molar-refractivity contribution is 1.33. The highest BCUT2D eigenvalue weighted by atomic mass is 14.7. The van der Waals surface area contributed by atoms with Crippen molar-refractivity contribution in [3.63, 3.8) is 0 Å². The van der Waals surface area contributed by atoms with Gasteiger partial charge < -0.3 is 0 Å². The van der Waals surface area contributed by atoms with Gasteiger partial charge in [0.15, 0.2) is 0 Å². The first-order chi connectivity index (χ1) is 20.8. The molecule has 0 aliphatic rings. The second kappa shape index (κ2) is 10.1. The highest BCUT2D eigenvalue weighted by Crippen LogP contribution is 2.46. The van der Waals surface area contributed by atoms with Crippen LogP contribution in [0.5, 0.6) is 0 Å². The molecular weight excluding hydrogens is 506 g/mol. The molecule has 196 valence electrons. The number of aromatic nitrogens is 1. The molecule has 8 aromatic rings. The summed E-state index contributed by atoms with van der Waals surface area (Å²) in [6.45, 7) is 0. The van der Waals surface area contributed by atoms with E-state index in [2.05, 4.69) is 152 Å². The Morgan fingerprint density at radius 1 is 0.310 bits per heavy atom. The Bertz CT molecular complexity index is 2200. The second-order valence-electron chi connectivity index (χ2n) is 10.7. The van der Waals surface area contributed by atoms with Crippen LogP contribution in [0.3, 0.4) is 0 Å². The lowest BCUT2D eigenvalue weighted by Gasteiger charge is -2.19. The minimum atomic E-state index is 0.980. The second-order valence-corrected chi connectivity index (χ2v) is 10.7. The largest absolute Gasteiger partial charge is 0.256 e. The fraction of sp³-hybridized carbons (Fsp3) is 0. The predicted octanol–water partition coefficient (Wildman–Crippen LogP) is 11.2. The lowest BCUT2D eigenvalue weighted by atomic mass is 9.84. The van der Waals surface area contributed by atoms with Crippen LogP contribution in [0.25, 0.3) is 77.0 Å². The zero-order chi connectivity index (χ0) is 27.9. The van der Waals surface area contributed by atoms with Gasteiger partial charge in [0, 0.05) is 17.3 Å². The molecule has 0 atom stereocenters. The molecule has 0 radical (unpaired) electrons. The van der Waals surface area contributed by atoms with E-state index < -0.39 is 0 Å². The summed E-state index contributed by atoms with van der Waals surface area (Å²) in [4.78, 5) is 4.94. The summed E-state index contributed by atoms with van der Waals surface area (Å²) in [6, 6.07) is 56.5. The monoisotopic (exact) mass is 533 g/mol. The van der Waals surface area contributed by atoms with Crippen molar-refractivity contribution in [3.8, 4) is 44.6 Å². The van der Waals surface area contributed by atoms with Crippen molar-refractivity contribution < 1.29 is 0 Å². The van der Waals surface area contributed by atoms with Crippen molar-refractivity contribution in [2.75, 3.05) is 0 Å². The summed E-state index contributed by atoms with van der Waals surface area (Å²) in [7, 11) is 0. The number of rotatable bonds is 4. The zero-order valence-electron chi connectivity index (χ0n) is 23.0. The Morgan fingerprint density at radius 2 is 0.857 bits per heavy atom. The van der Waals surface area contributed by atoms with Crippen LogP contribution in [0.1, 0.15) is 0 Å². The van der Waals surface area contributed by atoms with Crippen molar-refractivity contribution in [1.29, 1.82) is 0 Å². The first kappa shape index (κ1) is 24.3. The van der Waals surface area contributed by atoms with Crippen LogP contribution < -0.4 is 0 Å². The van der Waals surface area contributed by atoms with Crippen LogP contribution in [0.4, 0.5) is 0 Å². The molecule has 0 saturated carbocycles. The Hall–Kier alpha value is -5.53. The standard InChI is InChI=1S/C41H27N/c1-3-11-28(12-4-1)29-19-21-32(22-20-29)39-35-17-9-10-18-36(35)40(41-34-16-8-7-13-30(34)23-25-37(39)41)33-24-26-38(42-27-33)31-14-5-2-6-15-31/h1-27H. The first-order valence-corrected chi connectivity index (χ1v) is 14.4. The summed E-state index contributed by atoms with van der Waals surface area (Å²) in [5, 5.41) is 7.49. The van der Waals surface area contributed by atoms with Crippen molar-refractivity contribution in [2.24, 2.45) is 0 Å². The predicted molar refractivity (Wildman–Crippen MR) is 178 cm³/mol.